The number of quaternary nitrogens is 1. The van der Waals surface area contributed by atoms with Crippen molar-refractivity contribution in [2.24, 2.45) is 0 Å². The average Bonchev–Trinajstić information content (AvgIpc) is 3.38. The summed E-state index contributed by atoms with van der Waals surface area (Å²) in [7, 11) is 1.15. The number of phosphoric ester groups is 1. The Kier molecular flexibility index (Phi) is 53.0. The summed E-state index contributed by atoms with van der Waals surface area (Å²) in [4.78, 5) is 39.9. The van der Waals surface area contributed by atoms with Gasteiger partial charge in [-0.2, -0.15) is 0 Å². The number of carbonyl (C=O) groups is 2. The van der Waals surface area contributed by atoms with Gasteiger partial charge in [0.05, 0.1) is 33.8 Å². The lowest BCUT2D eigenvalue weighted by atomic mass is 10.1. The predicted octanol–water partition coefficient (Wildman–Crippen LogP) is 18.5. The maximum absolute atomic E-state index is 13.5. The van der Waals surface area contributed by atoms with Gasteiger partial charge in [0.2, 0.25) is 5.91 Å². The third-order valence-corrected chi connectivity index (χ3v) is 14.2. The number of phosphoric acid groups is 1. The zero-order valence-corrected chi connectivity index (χ0v) is 50.8. The van der Waals surface area contributed by atoms with Crippen LogP contribution in [0.5, 0.6) is 0 Å². The number of hydrogen-bond acceptors (Lipinski definition) is 7. The molecule has 0 aliphatic carbocycles. The first kappa shape index (κ1) is 72.9. The van der Waals surface area contributed by atoms with Crippen LogP contribution in [-0.2, 0) is 27.9 Å². The van der Waals surface area contributed by atoms with Gasteiger partial charge in [0, 0.05) is 12.8 Å². The van der Waals surface area contributed by atoms with Gasteiger partial charge in [-0.3, -0.25) is 14.2 Å². The van der Waals surface area contributed by atoms with Crippen LogP contribution in [0.2, 0.25) is 0 Å². The van der Waals surface area contributed by atoms with Crippen molar-refractivity contribution >= 4 is 19.7 Å². The minimum Gasteiger partial charge on any atom is -0.756 e. The number of rotatable bonds is 55. The highest BCUT2D eigenvalue weighted by atomic mass is 31.2. The molecule has 0 saturated heterocycles. The van der Waals surface area contributed by atoms with Crippen molar-refractivity contribution in [1.82, 2.24) is 5.32 Å². The summed E-state index contributed by atoms with van der Waals surface area (Å²) in [5.41, 5.74) is 0. The molecule has 0 aromatic carbocycles. The molecule has 3 atom stereocenters. The Bertz CT molecular complexity index is 1620. The monoisotopic (exact) mass is 1080 g/mol. The zero-order chi connectivity index (χ0) is 55.7. The number of unbranched alkanes of at least 4 members (excludes halogenated alkanes) is 26. The Morgan fingerprint density at radius 2 is 0.882 bits per heavy atom. The maximum atomic E-state index is 13.5. The molecule has 76 heavy (non-hydrogen) atoms. The van der Waals surface area contributed by atoms with E-state index in [0.29, 0.717) is 23.9 Å². The number of amides is 1. The van der Waals surface area contributed by atoms with Crippen molar-refractivity contribution in [3.8, 4) is 0 Å². The molecule has 438 valence electrons. The second-order valence-electron chi connectivity index (χ2n) is 21.9. The molecule has 0 aromatic heterocycles. The van der Waals surface area contributed by atoms with E-state index in [2.05, 4.69) is 111 Å². The minimum absolute atomic E-state index is 0.0335. The summed E-state index contributed by atoms with van der Waals surface area (Å²) in [6, 6.07) is -0.912. The quantitative estimate of drug-likeness (QED) is 0.0161. The van der Waals surface area contributed by atoms with Crippen molar-refractivity contribution in [1.29, 1.82) is 0 Å². The first-order valence-electron chi connectivity index (χ1n) is 31.1. The molecule has 0 fully saturated rings. The van der Waals surface area contributed by atoms with Gasteiger partial charge in [0.15, 0.2) is 0 Å². The van der Waals surface area contributed by atoms with Gasteiger partial charge in [-0.05, 0) is 102 Å². The van der Waals surface area contributed by atoms with Crippen LogP contribution in [0, 0.1) is 0 Å². The summed E-state index contributed by atoms with van der Waals surface area (Å²) in [5, 5.41) is 3.01. The third-order valence-electron chi connectivity index (χ3n) is 13.3. The lowest BCUT2D eigenvalue weighted by Gasteiger charge is -2.30. The van der Waals surface area contributed by atoms with Crippen LogP contribution >= 0.6 is 7.82 Å². The highest BCUT2D eigenvalue weighted by Gasteiger charge is 2.27. The van der Waals surface area contributed by atoms with Crippen LogP contribution in [0.4, 0.5) is 0 Å². The minimum atomic E-state index is -4.71. The van der Waals surface area contributed by atoms with Gasteiger partial charge in [-0.1, -0.05) is 240 Å². The van der Waals surface area contributed by atoms with Crippen LogP contribution in [0.3, 0.4) is 0 Å². The molecule has 3 unspecified atom stereocenters. The van der Waals surface area contributed by atoms with Gasteiger partial charge in [-0.15, -0.1) is 0 Å². The molecule has 0 rings (SSSR count). The Labute approximate surface area is 468 Å². The van der Waals surface area contributed by atoms with Crippen LogP contribution < -0.4 is 10.2 Å². The van der Waals surface area contributed by atoms with Gasteiger partial charge in [-0.25, -0.2) is 0 Å². The molecule has 0 spiro atoms. The second kappa shape index (κ2) is 55.3. The lowest BCUT2D eigenvalue weighted by molar-refractivity contribution is -0.870. The topological polar surface area (TPSA) is 114 Å². The fourth-order valence-corrected chi connectivity index (χ4v) is 9.20. The van der Waals surface area contributed by atoms with E-state index in [1.807, 2.05) is 33.3 Å². The maximum Gasteiger partial charge on any atom is 0.306 e. The van der Waals surface area contributed by atoms with Crippen LogP contribution in [0.1, 0.15) is 258 Å². The number of esters is 1. The molecule has 0 aromatic rings. The van der Waals surface area contributed by atoms with Gasteiger partial charge in [0.1, 0.15) is 19.3 Å². The normalized spacial score (nSPS) is 14.4. The Hall–Kier alpha value is -3.07. The molecule has 0 radical (unpaired) electrons. The summed E-state index contributed by atoms with van der Waals surface area (Å²) in [5.74, 6) is -0.588. The fourth-order valence-electron chi connectivity index (χ4n) is 8.48. The van der Waals surface area contributed by atoms with Gasteiger partial charge in [0.25, 0.3) is 7.82 Å². The standard InChI is InChI=1S/C66H117N2O7P/c1-7-10-13-16-19-22-25-27-29-31-32-33-34-35-36-37-39-41-44-47-50-53-56-59-66(70)75-64(57-54-51-48-45-42-24-21-18-15-12-9-3)63(62-74-76(71,72)73-61-60-68(4,5)6)67-65(69)58-55-52-49-46-43-40-38-30-28-26-23-20-17-14-11-8-2/h10,13,19,22,27,29-30,32-33,35-36,38,40,43,54,57,63-64H,7-9,11-12,14-18,20-21,23-26,28,31,34,37,39,41-42,44-53,55-56,58-62H2,1-6H3,(H-,67,69,71,72)/b13-10-,22-19-,29-27-,33-32-,36-35-,38-30+,43-40+,57-54-. The number of nitrogens with zero attached hydrogens (tertiary/aromatic N) is 1. The Morgan fingerprint density at radius 3 is 1.36 bits per heavy atom. The summed E-state index contributed by atoms with van der Waals surface area (Å²) in [6.45, 7) is 6.68. The van der Waals surface area contributed by atoms with E-state index in [0.717, 1.165) is 103 Å². The summed E-state index contributed by atoms with van der Waals surface area (Å²) < 4.78 is 30.3. The highest BCUT2D eigenvalue weighted by molar-refractivity contribution is 7.45. The van der Waals surface area contributed by atoms with Crippen LogP contribution in [0.15, 0.2) is 97.2 Å². The predicted molar refractivity (Wildman–Crippen MR) is 325 cm³/mol. The fraction of sp³-hybridized carbons (Fsp3) is 0.727. The molecule has 0 aliphatic rings. The van der Waals surface area contributed by atoms with E-state index < -0.39 is 26.6 Å². The lowest BCUT2D eigenvalue weighted by Crippen LogP contribution is -2.47. The second-order valence-corrected chi connectivity index (χ2v) is 23.3. The highest BCUT2D eigenvalue weighted by Crippen LogP contribution is 2.38. The van der Waals surface area contributed by atoms with E-state index in [1.54, 1.807) is 0 Å². The van der Waals surface area contributed by atoms with Crippen LogP contribution in [0.25, 0.3) is 0 Å². The number of hydrogen-bond donors (Lipinski definition) is 1. The molecule has 0 heterocycles. The van der Waals surface area contributed by atoms with Crippen molar-refractivity contribution < 1.29 is 37.3 Å². The zero-order valence-electron chi connectivity index (χ0n) is 49.9. The summed E-state index contributed by atoms with van der Waals surface area (Å²) >= 11 is 0. The average molecular weight is 1080 g/mol. The molecule has 9 nitrogen and oxygen atoms in total. The molecular weight excluding hydrogens is 964 g/mol. The van der Waals surface area contributed by atoms with Crippen LogP contribution in [-0.4, -0.2) is 69.4 Å². The van der Waals surface area contributed by atoms with Crippen molar-refractivity contribution in [3.63, 3.8) is 0 Å². The van der Waals surface area contributed by atoms with E-state index in [9.17, 15) is 19.0 Å². The smallest absolute Gasteiger partial charge is 0.306 e. The van der Waals surface area contributed by atoms with Gasteiger partial charge < -0.3 is 28.5 Å². The Morgan fingerprint density at radius 1 is 0.487 bits per heavy atom. The van der Waals surface area contributed by atoms with E-state index in [4.69, 9.17) is 13.8 Å². The molecule has 1 N–H and O–H groups in total. The van der Waals surface area contributed by atoms with Crippen molar-refractivity contribution in [2.45, 2.75) is 270 Å². The largest absolute Gasteiger partial charge is 0.756 e. The number of ether oxygens (including phenoxy) is 1. The van der Waals surface area contributed by atoms with Gasteiger partial charge >= 0.3 is 5.97 Å². The number of likely N-dealkylation sites (N-methyl/N-ethyl adjacent to an activating group) is 1. The van der Waals surface area contributed by atoms with E-state index >= 15 is 0 Å². The number of nitrogens with one attached hydrogen (secondary N) is 1. The first-order chi connectivity index (χ1) is 36.9. The molecular formula is C66H117N2O7P. The van der Waals surface area contributed by atoms with E-state index in [1.165, 1.54) is 109 Å². The van der Waals surface area contributed by atoms with Crippen molar-refractivity contribution in [3.05, 3.63) is 97.2 Å². The molecule has 0 saturated carbocycles. The molecule has 0 aliphatic heterocycles. The van der Waals surface area contributed by atoms with Crippen molar-refractivity contribution in [2.75, 3.05) is 40.9 Å². The summed E-state index contributed by atoms with van der Waals surface area (Å²) in [6.07, 6.45) is 73.8. The number of allylic oxidation sites excluding steroid dienone is 15. The third kappa shape index (κ3) is 55.7. The first-order valence-corrected chi connectivity index (χ1v) is 32.5. The molecule has 0 bridgehead atoms. The number of carbonyl (C=O) groups excluding carboxylic acids is 2. The molecule has 10 heteroatoms. The SMILES string of the molecule is CC/C=C\C/C=C\C/C=C\C/C=C\C/C=C\CCCCCCCCCC(=O)OC(/C=C\CCCCCCCCCCC)C(COP(=O)([O-])OCC[N+](C)(C)C)NC(=O)CCCCC/C=C/C=C/CCCCCCCCC. The Balaban J connectivity index is 5.26. The van der Waals surface area contributed by atoms with E-state index in [-0.39, 0.29) is 31.3 Å². The molecule has 1 amide bonds.